The maximum Gasteiger partial charge on any atom is 0.231 e. The van der Waals surface area contributed by atoms with Crippen molar-refractivity contribution in [3.05, 3.63) is 59.8 Å². The zero-order valence-corrected chi connectivity index (χ0v) is 16.6. The van der Waals surface area contributed by atoms with Gasteiger partial charge in [0.05, 0.1) is 0 Å². The summed E-state index contributed by atoms with van der Waals surface area (Å²) >= 11 is 0. The smallest absolute Gasteiger partial charge is 0.231 e. The molecule has 146 valence electrons. The molecule has 2 heterocycles. The van der Waals surface area contributed by atoms with Gasteiger partial charge in [-0.2, -0.15) is 0 Å². The molecule has 0 fully saturated rings. The maximum atomic E-state index is 12.7. The Kier molecular flexibility index (Phi) is 4.99. The zero-order valence-electron chi connectivity index (χ0n) is 16.6. The summed E-state index contributed by atoms with van der Waals surface area (Å²) in [7, 11) is 2.04. The molecular weight excluding hydrogens is 352 g/mol. The number of hydrogen-bond acceptors (Lipinski definition) is 3. The SMILES string of the molecule is CC(C)CNC(=O)CC(c1ccc2c(c1)OCO2)c1cn(C)c2ccccc12. The van der Waals surface area contributed by atoms with Crippen LogP contribution in [0.1, 0.15) is 37.3 Å². The number of amides is 1. The molecular formula is C23H26N2O3. The number of para-hydroxylation sites is 1. The van der Waals surface area contributed by atoms with Crippen LogP contribution in [-0.4, -0.2) is 23.8 Å². The van der Waals surface area contributed by atoms with Gasteiger partial charge in [-0.3, -0.25) is 4.79 Å². The Labute approximate surface area is 165 Å². The first-order valence-corrected chi connectivity index (χ1v) is 9.73. The number of carbonyl (C=O) groups is 1. The highest BCUT2D eigenvalue weighted by molar-refractivity contribution is 5.86. The van der Waals surface area contributed by atoms with Gasteiger partial charge in [0, 0.05) is 43.0 Å². The molecule has 2 aromatic carbocycles. The number of fused-ring (bicyclic) bond motifs is 2. The molecule has 1 unspecified atom stereocenters. The van der Waals surface area contributed by atoms with Gasteiger partial charge in [0.1, 0.15) is 0 Å². The summed E-state index contributed by atoms with van der Waals surface area (Å²) in [5.41, 5.74) is 3.36. The molecule has 0 saturated carbocycles. The van der Waals surface area contributed by atoms with Gasteiger partial charge < -0.3 is 19.4 Å². The van der Waals surface area contributed by atoms with Crippen LogP contribution in [0, 0.1) is 5.92 Å². The molecule has 1 aliphatic rings. The van der Waals surface area contributed by atoms with E-state index in [-0.39, 0.29) is 18.6 Å². The van der Waals surface area contributed by atoms with Crippen molar-refractivity contribution in [1.29, 1.82) is 0 Å². The van der Waals surface area contributed by atoms with Crippen molar-refractivity contribution in [2.24, 2.45) is 13.0 Å². The molecule has 1 N–H and O–H groups in total. The average molecular weight is 378 g/mol. The predicted molar refractivity (Wildman–Crippen MR) is 110 cm³/mol. The minimum atomic E-state index is -0.0623. The van der Waals surface area contributed by atoms with Crippen LogP contribution in [-0.2, 0) is 11.8 Å². The summed E-state index contributed by atoms with van der Waals surface area (Å²) in [6.07, 6.45) is 2.52. The first-order valence-electron chi connectivity index (χ1n) is 9.73. The second-order valence-corrected chi connectivity index (χ2v) is 7.78. The molecule has 0 spiro atoms. The van der Waals surface area contributed by atoms with E-state index in [4.69, 9.17) is 9.47 Å². The molecule has 1 amide bonds. The number of aromatic nitrogens is 1. The highest BCUT2D eigenvalue weighted by atomic mass is 16.7. The van der Waals surface area contributed by atoms with E-state index in [0.717, 1.165) is 28.1 Å². The Hall–Kier alpha value is -2.95. The minimum Gasteiger partial charge on any atom is -0.454 e. The van der Waals surface area contributed by atoms with E-state index in [9.17, 15) is 4.79 Å². The largest absolute Gasteiger partial charge is 0.454 e. The van der Waals surface area contributed by atoms with Crippen molar-refractivity contribution in [3.8, 4) is 11.5 Å². The summed E-state index contributed by atoms with van der Waals surface area (Å²) in [6.45, 7) is 5.12. The van der Waals surface area contributed by atoms with E-state index >= 15 is 0 Å². The van der Waals surface area contributed by atoms with E-state index in [2.05, 4.69) is 42.1 Å². The summed E-state index contributed by atoms with van der Waals surface area (Å²) in [6, 6.07) is 14.3. The monoisotopic (exact) mass is 378 g/mol. The first-order chi connectivity index (χ1) is 13.5. The molecule has 1 aliphatic heterocycles. The Bertz CT molecular complexity index is 1010. The number of benzene rings is 2. The highest BCUT2D eigenvalue weighted by Gasteiger charge is 2.24. The Balaban J connectivity index is 1.74. The fourth-order valence-electron chi connectivity index (χ4n) is 3.76. The van der Waals surface area contributed by atoms with Gasteiger partial charge in [-0.15, -0.1) is 0 Å². The quantitative estimate of drug-likeness (QED) is 0.699. The van der Waals surface area contributed by atoms with Crippen LogP contribution in [0.5, 0.6) is 11.5 Å². The lowest BCUT2D eigenvalue weighted by molar-refractivity contribution is -0.121. The molecule has 4 rings (SSSR count). The van der Waals surface area contributed by atoms with Crippen molar-refractivity contribution in [3.63, 3.8) is 0 Å². The van der Waals surface area contributed by atoms with Crippen molar-refractivity contribution in [1.82, 2.24) is 9.88 Å². The van der Waals surface area contributed by atoms with E-state index in [0.29, 0.717) is 18.9 Å². The number of aryl methyl sites for hydroxylation is 1. The van der Waals surface area contributed by atoms with Crippen LogP contribution < -0.4 is 14.8 Å². The van der Waals surface area contributed by atoms with E-state index in [1.54, 1.807) is 0 Å². The predicted octanol–water partition coefficient (Wildman–Crippen LogP) is 4.20. The molecule has 5 nitrogen and oxygen atoms in total. The summed E-state index contributed by atoms with van der Waals surface area (Å²) in [4.78, 5) is 12.7. The normalized spacial score (nSPS) is 13.9. The lowest BCUT2D eigenvalue weighted by atomic mass is 9.87. The van der Waals surface area contributed by atoms with E-state index in [1.807, 2.05) is 37.4 Å². The lowest BCUT2D eigenvalue weighted by Gasteiger charge is -2.18. The summed E-state index contributed by atoms with van der Waals surface area (Å²) in [5, 5.41) is 4.23. The number of ether oxygens (including phenoxy) is 2. The fraction of sp³-hybridized carbons (Fsp3) is 0.348. The molecule has 1 atom stereocenters. The summed E-state index contributed by atoms with van der Waals surface area (Å²) < 4.78 is 13.1. The van der Waals surface area contributed by atoms with Gasteiger partial charge in [-0.25, -0.2) is 0 Å². The highest BCUT2D eigenvalue weighted by Crippen LogP contribution is 2.39. The molecule has 3 aromatic rings. The molecule has 0 radical (unpaired) electrons. The molecule has 0 saturated heterocycles. The third-order valence-corrected chi connectivity index (χ3v) is 5.20. The van der Waals surface area contributed by atoms with Crippen LogP contribution in [0.15, 0.2) is 48.7 Å². The van der Waals surface area contributed by atoms with Crippen LogP contribution in [0.4, 0.5) is 0 Å². The number of hydrogen-bond donors (Lipinski definition) is 1. The number of rotatable bonds is 6. The second kappa shape index (κ2) is 7.58. The molecule has 1 aromatic heterocycles. The standard InChI is InChI=1S/C23H26N2O3/c1-15(2)12-24-23(26)11-18(16-8-9-21-22(10-16)28-14-27-21)19-13-25(3)20-7-5-4-6-17(19)20/h4-10,13,15,18H,11-12,14H2,1-3H3,(H,24,26). The van der Waals surface area contributed by atoms with Crippen LogP contribution in [0.3, 0.4) is 0 Å². The number of nitrogens with zero attached hydrogens (tertiary/aromatic N) is 1. The first kappa shape index (κ1) is 18.4. The van der Waals surface area contributed by atoms with E-state index < -0.39 is 0 Å². The van der Waals surface area contributed by atoms with Gasteiger partial charge in [-0.05, 0) is 35.2 Å². The van der Waals surface area contributed by atoms with Crippen molar-refractivity contribution < 1.29 is 14.3 Å². The Morgan fingerprint density at radius 3 is 2.75 bits per heavy atom. The van der Waals surface area contributed by atoms with Crippen LogP contribution in [0.25, 0.3) is 10.9 Å². The molecule has 5 heteroatoms. The third kappa shape index (κ3) is 3.57. The second-order valence-electron chi connectivity index (χ2n) is 7.78. The Morgan fingerprint density at radius 2 is 1.93 bits per heavy atom. The van der Waals surface area contributed by atoms with E-state index in [1.165, 1.54) is 5.39 Å². The van der Waals surface area contributed by atoms with Crippen LogP contribution >= 0.6 is 0 Å². The topological polar surface area (TPSA) is 52.5 Å². The van der Waals surface area contributed by atoms with Gasteiger partial charge in [0.15, 0.2) is 11.5 Å². The average Bonchev–Trinajstić information content (AvgIpc) is 3.29. The number of carbonyl (C=O) groups excluding carboxylic acids is 1. The lowest BCUT2D eigenvalue weighted by Crippen LogP contribution is -2.28. The van der Waals surface area contributed by atoms with Crippen molar-refractivity contribution in [2.45, 2.75) is 26.2 Å². The number of nitrogens with one attached hydrogen (secondary N) is 1. The van der Waals surface area contributed by atoms with Gasteiger partial charge in [0.25, 0.3) is 0 Å². The van der Waals surface area contributed by atoms with Crippen molar-refractivity contribution in [2.75, 3.05) is 13.3 Å². The zero-order chi connectivity index (χ0) is 19.7. The maximum absolute atomic E-state index is 12.7. The molecule has 28 heavy (non-hydrogen) atoms. The summed E-state index contributed by atoms with van der Waals surface area (Å²) in [5.74, 6) is 1.91. The molecule has 0 bridgehead atoms. The minimum absolute atomic E-state index is 0.0595. The third-order valence-electron chi connectivity index (χ3n) is 5.20. The van der Waals surface area contributed by atoms with Gasteiger partial charge in [-0.1, -0.05) is 38.1 Å². The Morgan fingerprint density at radius 1 is 1.14 bits per heavy atom. The van der Waals surface area contributed by atoms with Gasteiger partial charge in [0.2, 0.25) is 12.7 Å². The fourth-order valence-corrected chi connectivity index (χ4v) is 3.76. The van der Waals surface area contributed by atoms with Crippen molar-refractivity contribution >= 4 is 16.8 Å². The molecule has 0 aliphatic carbocycles. The van der Waals surface area contributed by atoms with Gasteiger partial charge >= 0.3 is 0 Å². The van der Waals surface area contributed by atoms with Crippen LogP contribution in [0.2, 0.25) is 0 Å².